The average Bonchev–Trinajstić information content (AvgIpc) is 2.79. The number of hydrogen-bond acceptors (Lipinski definition) is 4. The fraction of sp³-hybridized carbons (Fsp3) is 0.417. The maximum atomic E-state index is 11.1. The SMILES string of the molecule is CCNC(=NCCc1ccc(NC(C)=O)cc1)N1CCN(c2cccc(OC)c2)CC1. The van der Waals surface area contributed by atoms with Crippen LogP contribution >= 0.6 is 0 Å². The molecular formula is C24H33N5O2. The predicted molar refractivity (Wildman–Crippen MR) is 127 cm³/mol. The third-order valence-corrected chi connectivity index (χ3v) is 5.27. The third kappa shape index (κ3) is 6.64. The number of benzene rings is 2. The van der Waals surface area contributed by atoms with E-state index >= 15 is 0 Å². The molecule has 1 fully saturated rings. The molecule has 0 bridgehead atoms. The molecule has 31 heavy (non-hydrogen) atoms. The minimum Gasteiger partial charge on any atom is -0.497 e. The molecule has 0 radical (unpaired) electrons. The molecule has 0 aromatic heterocycles. The molecule has 7 nitrogen and oxygen atoms in total. The first-order valence-electron chi connectivity index (χ1n) is 10.9. The number of ether oxygens (including phenoxy) is 1. The largest absolute Gasteiger partial charge is 0.497 e. The Bertz CT molecular complexity index is 874. The van der Waals surface area contributed by atoms with E-state index in [-0.39, 0.29) is 5.91 Å². The Kier molecular flexibility index (Phi) is 8.15. The summed E-state index contributed by atoms with van der Waals surface area (Å²) in [6.45, 7) is 8.93. The fourth-order valence-electron chi connectivity index (χ4n) is 3.66. The van der Waals surface area contributed by atoms with Gasteiger partial charge in [0.25, 0.3) is 0 Å². The smallest absolute Gasteiger partial charge is 0.221 e. The summed E-state index contributed by atoms with van der Waals surface area (Å²) in [5.41, 5.74) is 3.22. The van der Waals surface area contributed by atoms with Gasteiger partial charge in [0.05, 0.1) is 7.11 Å². The van der Waals surface area contributed by atoms with Gasteiger partial charge in [-0.3, -0.25) is 9.79 Å². The summed E-state index contributed by atoms with van der Waals surface area (Å²) in [4.78, 5) is 20.7. The molecule has 0 atom stereocenters. The Hall–Kier alpha value is -3.22. The number of methoxy groups -OCH3 is 1. The van der Waals surface area contributed by atoms with E-state index in [0.717, 1.165) is 63.1 Å². The van der Waals surface area contributed by atoms with E-state index in [0.29, 0.717) is 0 Å². The lowest BCUT2D eigenvalue weighted by molar-refractivity contribution is -0.114. The number of guanidine groups is 1. The molecule has 2 aromatic carbocycles. The van der Waals surface area contributed by atoms with E-state index in [4.69, 9.17) is 9.73 Å². The van der Waals surface area contributed by atoms with E-state index in [1.165, 1.54) is 18.2 Å². The zero-order valence-corrected chi connectivity index (χ0v) is 18.7. The van der Waals surface area contributed by atoms with Gasteiger partial charge < -0.3 is 25.2 Å². The molecule has 0 unspecified atom stereocenters. The van der Waals surface area contributed by atoms with Crippen molar-refractivity contribution in [1.82, 2.24) is 10.2 Å². The van der Waals surface area contributed by atoms with Crippen LogP contribution < -0.4 is 20.3 Å². The number of hydrogen-bond donors (Lipinski definition) is 2. The lowest BCUT2D eigenvalue weighted by atomic mass is 10.1. The predicted octanol–water partition coefficient (Wildman–Crippen LogP) is 2.98. The van der Waals surface area contributed by atoms with Crippen LogP contribution in [0.25, 0.3) is 0 Å². The van der Waals surface area contributed by atoms with Crippen molar-refractivity contribution in [2.24, 2.45) is 4.99 Å². The molecule has 1 aliphatic heterocycles. The fourth-order valence-corrected chi connectivity index (χ4v) is 3.66. The van der Waals surface area contributed by atoms with Crippen molar-refractivity contribution < 1.29 is 9.53 Å². The lowest BCUT2D eigenvalue weighted by Gasteiger charge is -2.37. The van der Waals surface area contributed by atoms with Gasteiger partial charge in [0, 0.05) is 63.6 Å². The van der Waals surface area contributed by atoms with Crippen molar-refractivity contribution in [2.75, 3.05) is 56.6 Å². The summed E-state index contributed by atoms with van der Waals surface area (Å²) in [5.74, 6) is 1.81. The van der Waals surface area contributed by atoms with Crippen LogP contribution in [0, 0.1) is 0 Å². The van der Waals surface area contributed by atoms with Gasteiger partial charge in [-0.1, -0.05) is 18.2 Å². The third-order valence-electron chi connectivity index (χ3n) is 5.27. The van der Waals surface area contributed by atoms with Crippen LogP contribution in [0.3, 0.4) is 0 Å². The van der Waals surface area contributed by atoms with Crippen molar-refractivity contribution >= 4 is 23.2 Å². The van der Waals surface area contributed by atoms with E-state index in [1.807, 2.05) is 36.4 Å². The summed E-state index contributed by atoms with van der Waals surface area (Å²) in [5, 5.41) is 6.23. The van der Waals surface area contributed by atoms with Crippen LogP contribution in [0.5, 0.6) is 5.75 Å². The quantitative estimate of drug-likeness (QED) is 0.529. The molecule has 0 aliphatic carbocycles. The van der Waals surface area contributed by atoms with Crippen LogP contribution in [0.4, 0.5) is 11.4 Å². The summed E-state index contributed by atoms with van der Waals surface area (Å²) in [6.07, 6.45) is 0.860. The highest BCUT2D eigenvalue weighted by Crippen LogP contribution is 2.22. The number of amides is 1. The molecule has 1 amide bonds. The second-order valence-corrected chi connectivity index (χ2v) is 7.54. The molecule has 1 heterocycles. The van der Waals surface area contributed by atoms with E-state index in [2.05, 4.69) is 39.5 Å². The van der Waals surface area contributed by atoms with Gasteiger partial charge in [-0.15, -0.1) is 0 Å². The van der Waals surface area contributed by atoms with E-state index in [9.17, 15) is 4.79 Å². The second kappa shape index (κ2) is 11.2. The molecule has 1 saturated heterocycles. The van der Waals surface area contributed by atoms with Crippen molar-refractivity contribution in [2.45, 2.75) is 20.3 Å². The molecule has 2 aromatic rings. The van der Waals surface area contributed by atoms with Crippen molar-refractivity contribution in [3.05, 3.63) is 54.1 Å². The maximum Gasteiger partial charge on any atom is 0.221 e. The zero-order chi connectivity index (χ0) is 22.1. The summed E-state index contributed by atoms with van der Waals surface area (Å²) >= 11 is 0. The number of anilines is 2. The first-order chi connectivity index (χ1) is 15.1. The molecule has 0 saturated carbocycles. The van der Waals surface area contributed by atoms with Crippen LogP contribution in [0.2, 0.25) is 0 Å². The van der Waals surface area contributed by atoms with Crippen LogP contribution in [0.1, 0.15) is 19.4 Å². The Labute approximate surface area is 185 Å². The maximum absolute atomic E-state index is 11.1. The Balaban J connectivity index is 1.54. The van der Waals surface area contributed by atoms with Crippen LogP contribution in [-0.2, 0) is 11.2 Å². The number of carbonyl (C=O) groups is 1. The Morgan fingerprint density at radius 2 is 1.84 bits per heavy atom. The van der Waals surface area contributed by atoms with Gasteiger partial charge in [-0.05, 0) is 43.2 Å². The standard InChI is InChI=1S/C24H33N5O2/c1-4-25-24(26-13-12-20-8-10-21(11-9-20)27-19(2)30)29-16-14-28(15-17-29)22-6-5-7-23(18-22)31-3/h5-11,18H,4,12-17H2,1-3H3,(H,25,26)(H,27,30). The van der Waals surface area contributed by atoms with Crippen molar-refractivity contribution in [3.8, 4) is 5.75 Å². The first kappa shape index (κ1) is 22.5. The number of rotatable bonds is 7. The summed E-state index contributed by atoms with van der Waals surface area (Å²) in [7, 11) is 1.70. The number of piperazine rings is 1. The zero-order valence-electron chi connectivity index (χ0n) is 18.7. The first-order valence-corrected chi connectivity index (χ1v) is 10.9. The normalized spacial score (nSPS) is 14.4. The van der Waals surface area contributed by atoms with Gasteiger partial charge >= 0.3 is 0 Å². The van der Waals surface area contributed by atoms with Crippen LogP contribution in [0.15, 0.2) is 53.5 Å². The van der Waals surface area contributed by atoms with Gasteiger partial charge in [-0.2, -0.15) is 0 Å². The molecule has 166 valence electrons. The molecular weight excluding hydrogens is 390 g/mol. The minimum atomic E-state index is -0.0564. The molecule has 1 aliphatic rings. The van der Waals surface area contributed by atoms with Gasteiger partial charge in [0.2, 0.25) is 5.91 Å². The monoisotopic (exact) mass is 423 g/mol. The number of carbonyl (C=O) groups excluding carboxylic acids is 1. The highest BCUT2D eigenvalue weighted by molar-refractivity contribution is 5.88. The van der Waals surface area contributed by atoms with Crippen molar-refractivity contribution in [1.29, 1.82) is 0 Å². The summed E-state index contributed by atoms with van der Waals surface area (Å²) in [6, 6.07) is 16.2. The molecule has 0 spiro atoms. The van der Waals surface area contributed by atoms with Crippen molar-refractivity contribution in [3.63, 3.8) is 0 Å². The molecule has 3 rings (SSSR count). The summed E-state index contributed by atoms with van der Waals surface area (Å²) < 4.78 is 5.36. The van der Waals surface area contributed by atoms with E-state index in [1.54, 1.807) is 7.11 Å². The topological polar surface area (TPSA) is 69.2 Å². The molecule has 2 N–H and O–H groups in total. The van der Waals surface area contributed by atoms with Crippen LogP contribution in [-0.4, -0.2) is 63.1 Å². The Morgan fingerprint density at radius 1 is 1.10 bits per heavy atom. The van der Waals surface area contributed by atoms with Gasteiger partial charge in [0.15, 0.2) is 5.96 Å². The number of nitrogens with one attached hydrogen (secondary N) is 2. The van der Waals surface area contributed by atoms with Gasteiger partial charge in [0.1, 0.15) is 5.75 Å². The molecule has 7 heteroatoms. The van der Waals surface area contributed by atoms with Gasteiger partial charge in [-0.25, -0.2) is 0 Å². The number of aliphatic imine (C=N–C) groups is 1. The number of nitrogens with zero attached hydrogens (tertiary/aromatic N) is 3. The Morgan fingerprint density at radius 3 is 2.48 bits per heavy atom. The minimum absolute atomic E-state index is 0.0564. The second-order valence-electron chi connectivity index (χ2n) is 7.54. The lowest BCUT2D eigenvalue weighted by Crippen LogP contribution is -2.52. The highest BCUT2D eigenvalue weighted by Gasteiger charge is 2.20. The highest BCUT2D eigenvalue weighted by atomic mass is 16.5. The average molecular weight is 424 g/mol. The van der Waals surface area contributed by atoms with E-state index < -0.39 is 0 Å².